The van der Waals surface area contributed by atoms with Gasteiger partial charge in [0.25, 0.3) is 0 Å². The summed E-state index contributed by atoms with van der Waals surface area (Å²) in [4.78, 5) is 11.5. The number of rotatable bonds is 3. The highest BCUT2D eigenvalue weighted by Crippen LogP contribution is 2.27. The minimum absolute atomic E-state index is 0. The van der Waals surface area contributed by atoms with Gasteiger partial charge in [0.1, 0.15) is 6.33 Å². The molecular formula is C15H22Cl2N8. The number of nitrogens with zero attached hydrogens (tertiary/aromatic N) is 7. The molecule has 10 heteroatoms. The molecular weight excluding hydrogens is 363 g/mol. The maximum absolute atomic E-state index is 5.79. The number of piperidine rings is 1. The number of halogens is 2. The Hall–Kier alpha value is -1.90. The van der Waals surface area contributed by atoms with Crippen molar-refractivity contribution in [2.75, 3.05) is 24.5 Å². The Labute approximate surface area is 158 Å². The van der Waals surface area contributed by atoms with E-state index in [1.807, 2.05) is 25.6 Å². The third-order valence-corrected chi connectivity index (χ3v) is 4.49. The molecule has 3 aromatic heterocycles. The van der Waals surface area contributed by atoms with Crippen LogP contribution in [-0.2, 0) is 7.05 Å². The van der Waals surface area contributed by atoms with Crippen LogP contribution in [0.3, 0.4) is 0 Å². The predicted octanol–water partition coefficient (Wildman–Crippen LogP) is 1.54. The van der Waals surface area contributed by atoms with Crippen molar-refractivity contribution in [2.45, 2.75) is 12.8 Å². The van der Waals surface area contributed by atoms with Gasteiger partial charge in [-0.05, 0) is 25.3 Å². The maximum atomic E-state index is 5.79. The number of nitrogens with two attached hydrogens (primary N) is 1. The quantitative estimate of drug-likeness (QED) is 0.736. The smallest absolute Gasteiger partial charge is 0.198 e. The number of aromatic nitrogens is 6. The van der Waals surface area contributed by atoms with E-state index in [1.165, 1.54) is 0 Å². The van der Waals surface area contributed by atoms with Gasteiger partial charge in [-0.2, -0.15) is 10.2 Å². The molecule has 4 rings (SSSR count). The largest absolute Gasteiger partial charge is 0.353 e. The lowest BCUT2D eigenvalue weighted by Crippen LogP contribution is -2.36. The number of hydrogen-bond donors (Lipinski definition) is 1. The first-order valence-electron chi connectivity index (χ1n) is 7.89. The lowest BCUT2D eigenvalue weighted by atomic mass is 9.97. The molecule has 1 fully saturated rings. The molecule has 2 N–H and O–H groups in total. The Balaban J connectivity index is 0.00000113. The minimum atomic E-state index is 0. The summed E-state index contributed by atoms with van der Waals surface area (Å²) in [6.07, 6.45) is 9.42. The summed E-state index contributed by atoms with van der Waals surface area (Å²) in [6.45, 7) is 2.67. The average molecular weight is 385 g/mol. The Kier molecular flexibility index (Phi) is 6.21. The highest BCUT2D eigenvalue weighted by atomic mass is 35.5. The number of aryl methyl sites for hydroxylation is 1. The monoisotopic (exact) mass is 384 g/mol. The van der Waals surface area contributed by atoms with E-state index in [0.717, 1.165) is 55.2 Å². The molecule has 1 saturated heterocycles. The lowest BCUT2D eigenvalue weighted by Gasteiger charge is -2.32. The van der Waals surface area contributed by atoms with Crippen LogP contribution in [0.1, 0.15) is 12.8 Å². The summed E-state index contributed by atoms with van der Waals surface area (Å²) in [6, 6.07) is 0. The van der Waals surface area contributed by atoms with Crippen LogP contribution in [-0.4, -0.2) is 49.0 Å². The average Bonchev–Trinajstić information content (AvgIpc) is 3.22. The lowest BCUT2D eigenvalue weighted by molar-refractivity contribution is 0.413. The molecule has 0 spiro atoms. The molecule has 0 aliphatic carbocycles. The van der Waals surface area contributed by atoms with Crippen molar-refractivity contribution in [3.63, 3.8) is 0 Å². The molecule has 1 aliphatic rings. The van der Waals surface area contributed by atoms with E-state index in [2.05, 4.69) is 20.1 Å². The van der Waals surface area contributed by atoms with Crippen molar-refractivity contribution in [3.05, 3.63) is 24.9 Å². The molecule has 0 atom stereocenters. The van der Waals surface area contributed by atoms with Crippen molar-refractivity contribution in [1.29, 1.82) is 0 Å². The van der Waals surface area contributed by atoms with E-state index < -0.39 is 0 Å². The van der Waals surface area contributed by atoms with E-state index in [0.29, 0.717) is 5.92 Å². The molecule has 0 bridgehead atoms. The van der Waals surface area contributed by atoms with Gasteiger partial charge in [0.05, 0.1) is 18.1 Å². The van der Waals surface area contributed by atoms with Crippen molar-refractivity contribution in [1.82, 2.24) is 29.4 Å². The zero-order valence-electron chi connectivity index (χ0n) is 13.9. The Morgan fingerprint density at radius 3 is 2.56 bits per heavy atom. The Morgan fingerprint density at radius 2 is 1.92 bits per heavy atom. The first-order valence-corrected chi connectivity index (χ1v) is 7.89. The van der Waals surface area contributed by atoms with Crippen molar-refractivity contribution < 1.29 is 0 Å². The summed E-state index contributed by atoms with van der Waals surface area (Å²) in [7, 11) is 1.90. The van der Waals surface area contributed by atoms with Gasteiger partial charge in [-0.3, -0.25) is 4.68 Å². The molecule has 8 nitrogen and oxygen atoms in total. The fourth-order valence-corrected chi connectivity index (χ4v) is 3.10. The van der Waals surface area contributed by atoms with E-state index in [9.17, 15) is 0 Å². The first kappa shape index (κ1) is 19.4. The van der Waals surface area contributed by atoms with Gasteiger partial charge >= 0.3 is 0 Å². The standard InChI is InChI=1S/C15H20N8.2ClH/c1-21-8-12(7-18-21)13-9-23-14(17-10-19-23)15(20-13)22-4-2-11(6-16)3-5-22;;/h7-11H,2-6,16H2,1H3;2*1H. The predicted molar refractivity (Wildman–Crippen MR) is 101 cm³/mol. The second-order valence-electron chi connectivity index (χ2n) is 6.05. The Bertz CT molecular complexity index is 822. The van der Waals surface area contributed by atoms with Gasteiger partial charge in [0.2, 0.25) is 0 Å². The zero-order valence-corrected chi connectivity index (χ0v) is 15.6. The van der Waals surface area contributed by atoms with Crippen molar-refractivity contribution >= 4 is 36.3 Å². The zero-order chi connectivity index (χ0) is 15.8. The van der Waals surface area contributed by atoms with Gasteiger partial charge in [0, 0.05) is 31.9 Å². The van der Waals surface area contributed by atoms with Gasteiger partial charge < -0.3 is 10.6 Å². The molecule has 136 valence electrons. The molecule has 0 saturated carbocycles. The number of fused-ring (bicyclic) bond motifs is 1. The minimum Gasteiger partial charge on any atom is -0.353 e. The van der Waals surface area contributed by atoms with E-state index in [4.69, 9.17) is 10.7 Å². The van der Waals surface area contributed by atoms with Crippen molar-refractivity contribution in [3.8, 4) is 11.3 Å². The summed E-state index contributed by atoms with van der Waals surface area (Å²) < 4.78 is 3.56. The van der Waals surface area contributed by atoms with E-state index >= 15 is 0 Å². The molecule has 0 unspecified atom stereocenters. The highest BCUT2D eigenvalue weighted by molar-refractivity contribution is 5.85. The highest BCUT2D eigenvalue weighted by Gasteiger charge is 2.22. The fraction of sp³-hybridized carbons (Fsp3) is 0.467. The molecule has 4 heterocycles. The van der Waals surface area contributed by atoms with Crippen LogP contribution in [0.25, 0.3) is 16.9 Å². The van der Waals surface area contributed by atoms with Crippen LogP contribution < -0.4 is 10.6 Å². The third kappa shape index (κ3) is 3.70. The van der Waals surface area contributed by atoms with Crippen LogP contribution >= 0.6 is 24.8 Å². The van der Waals surface area contributed by atoms with Gasteiger partial charge in [-0.15, -0.1) is 24.8 Å². The molecule has 0 aromatic carbocycles. The second-order valence-corrected chi connectivity index (χ2v) is 6.05. The number of hydrogen-bond acceptors (Lipinski definition) is 6. The third-order valence-electron chi connectivity index (χ3n) is 4.49. The van der Waals surface area contributed by atoms with Gasteiger partial charge in [-0.1, -0.05) is 0 Å². The van der Waals surface area contributed by atoms with E-state index in [-0.39, 0.29) is 24.8 Å². The summed E-state index contributed by atoms with van der Waals surface area (Å²) in [5.74, 6) is 1.50. The maximum Gasteiger partial charge on any atom is 0.198 e. The molecule has 3 aromatic rings. The molecule has 0 radical (unpaired) electrons. The SMILES string of the molecule is Cl.Cl.Cn1cc(-c2cn3ncnc3c(N3CCC(CN)CC3)n2)cn1. The van der Waals surface area contributed by atoms with Crippen LogP contribution in [0.2, 0.25) is 0 Å². The Morgan fingerprint density at radius 1 is 1.16 bits per heavy atom. The fourth-order valence-electron chi connectivity index (χ4n) is 3.10. The second kappa shape index (κ2) is 7.99. The summed E-state index contributed by atoms with van der Waals surface area (Å²) in [5, 5.41) is 8.52. The topological polar surface area (TPSA) is 90.2 Å². The molecule has 0 amide bonds. The van der Waals surface area contributed by atoms with Gasteiger partial charge in [-0.25, -0.2) is 14.5 Å². The summed E-state index contributed by atoms with van der Waals surface area (Å²) >= 11 is 0. The normalized spacial score (nSPS) is 15.0. The van der Waals surface area contributed by atoms with E-state index in [1.54, 1.807) is 15.5 Å². The van der Waals surface area contributed by atoms with Crippen LogP contribution in [0, 0.1) is 5.92 Å². The molecule has 1 aliphatic heterocycles. The summed E-state index contributed by atoms with van der Waals surface area (Å²) in [5.41, 5.74) is 8.42. The van der Waals surface area contributed by atoms with Crippen molar-refractivity contribution in [2.24, 2.45) is 18.7 Å². The first-order chi connectivity index (χ1) is 11.2. The van der Waals surface area contributed by atoms with Crippen LogP contribution in [0.4, 0.5) is 5.82 Å². The van der Waals surface area contributed by atoms with Crippen LogP contribution in [0.15, 0.2) is 24.9 Å². The van der Waals surface area contributed by atoms with Crippen LogP contribution in [0.5, 0.6) is 0 Å². The van der Waals surface area contributed by atoms with Gasteiger partial charge in [0.15, 0.2) is 11.5 Å². The molecule has 25 heavy (non-hydrogen) atoms. The number of anilines is 1.